The molecule has 0 saturated heterocycles. The van der Waals surface area contributed by atoms with Gasteiger partial charge in [-0.2, -0.15) is 0 Å². The Morgan fingerprint density at radius 2 is 2.38 bits per heavy atom. The van der Waals surface area contributed by atoms with Crippen LogP contribution in [0, 0.1) is 10.1 Å². The second kappa shape index (κ2) is 4.32. The van der Waals surface area contributed by atoms with Gasteiger partial charge in [-0.3, -0.25) is 10.1 Å². The molecule has 0 aliphatic carbocycles. The highest BCUT2D eigenvalue weighted by Crippen LogP contribution is 2.21. The second-order valence-electron chi connectivity index (χ2n) is 3.13. The Balaban J connectivity index is 2.54. The van der Waals surface area contributed by atoms with Crippen LogP contribution in [0.3, 0.4) is 0 Å². The summed E-state index contributed by atoms with van der Waals surface area (Å²) in [7, 11) is 0. The van der Waals surface area contributed by atoms with E-state index in [1.165, 1.54) is 0 Å². The summed E-state index contributed by atoms with van der Waals surface area (Å²) in [6.07, 6.45) is 2.24. The molecule has 0 radical (unpaired) electrons. The normalized spacial score (nSPS) is 10.7. The first-order chi connectivity index (χ1) is 6.09. The van der Waals surface area contributed by atoms with Gasteiger partial charge in [-0.25, -0.2) is 4.98 Å². The fourth-order valence-corrected chi connectivity index (χ4v) is 1.82. The van der Waals surface area contributed by atoms with Gasteiger partial charge in [0.1, 0.15) is 0 Å². The van der Waals surface area contributed by atoms with Crippen molar-refractivity contribution in [2.75, 3.05) is 6.54 Å². The summed E-state index contributed by atoms with van der Waals surface area (Å²) in [5.41, 5.74) is 0. The fraction of sp³-hybridized carbons (Fsp3) is 0.625. The minimum atomic E-state index is -0.297. The summed E-state index contributed by atoms with van der Waals surface area (Å²) in [6, 6.07) is 0. The molecular formula is C8H12N2O2S. The fourth-order valence-electron chi connectivity index (χ4n) is 0.907. The quantitative estimate of drug-likeness (QED) is 0.552. The lowest BCUT2D eigenvalue weighted by atomic mass is 10.2. The number of rotatable bonds is 4. The lowest BCUT2D eigenvalue weighted by Gasteiger charge is -1.95. The topological polar surface area (TPSA) is 56.0 Å². The van der Waals surface area contributed by atoms with Crippen LogP contribution in [0.4, 0.5) is 0 Å². The van der Waals surface area contributed by atoms with Gasteiger partial charge < -0.3 is 0 Å². The number of thiazole rings is 1. The predicted octanol–water partition coefficient (Wildman–Crippen LogP) is 2.09. The van der Waals surface area contributed by atoms with E-state index in [-0.39, 0.29) is 11.5 Å². The molecular weight excluding hydrogens is 188 g/mol. The number of nitro groups is 1. The van der Waals surface area contributed by atoms with E-state index in [9.17, 15) is 10.1 Å². The Bertz CT molecular complexity index is 296. The van der Waals surface area contributed by atoms with E-state index in [4.69, 9.17) is 0 Å². The molecule has 0 spiro atoms. The third-order valence-corrected chi connectivity index (χ3v) is 2.96. The zero-order valence-electron chi connectivity index (χ0n) is 7.69. The third kappa shape index (κ3) is 3.10. The number of nitrogens with zero attached hydrogens (tertiary/aromatic N) is 2. The van der Waals surface area contributed by atoms with Crippen LogP contribution < -0.4 is 0 Å². The molecule has 1 rings (SSSR count). The van der Waals surface area contributed by atoms with E-state index < -0.39 is 0 Å². The van der Waals surface area contributed by atoms with Gasteiger partial charge in [-0.1, -0.05) is 13.8 Å². The molecule has 13 heavy (non-hydrogen) atoms. The van der Waals surface area contributed by atoms with Crippen molar-refractivity contribution in [1.82, 2.24) is 4.98 Å². The van der Waals surface area contributed by atoms with Crippen LogP contribution in [0.1, 0.15) is 29.7 Å². The van der Waals surface area contributed by atoms with Crippen molar-refractivity contribution in [3.8, 4) is 0 Å². The largest absolute Gasteiger partial charge is 0.265 e. The van der Waals surface area contributed by atoms with Gasteiger partial charge in [0.2, 0.25) is 6.54 Å². The van der Waals surface area contributed by atoms with Crippen LogP contribution in [0.25, 0.3) is 0 Å². The molecule has 0 aliphatic rings. The molecule has 5 heteroatoms. The van der Waals surface area contributed by atoms with Crippen LogP contribution in [-0.2, 0) is 6.42 Å². The summed E-state index contributed by atoms with van der Waals surface area (Å²) in [5.74, 6) is 0.411. The number of aromatic nitrogens is 1. The van der Waals surface area contributed by atoms with Crippen LogP contribution >= 0.6 is 11.3 Å². The highest BCUT2D eigenvalue weighted by molar-refractivity contribution is 7.11. The predicted molar refractivity (Wildman–Crippen MR) is 51.8 cm³/mol. The molecule has 0 unspecified atom stereocenters. The Morgan fingerprint density at radius 3 is 2.85 bits per heavy atom. The van der Waals surface area contributed by atoms with E-state index >= 15 is 0 Å². The Morgan fingerprint density at radius 1 is 1.69 bits per heavy atom. The average molecular weight is 200 g/mol. The smallest absolute Gasteiger partial charge is 0.208 e. The maximum atomic E-state index is 10.1. The molecule has 0 saturated carbocycles. The molecule has 1 heterocycles. The van der Waals surface area contributed by atoms with E-state index in [1.807, 2.05) is 0 Å². The van der Waals surface area contributed by atoms with Crippen molar-refractivity contribution in [3.63, 3.8) is 0 Å². The number of hydrogen-bond acceptors (Lipinski definition) is 4. The Labute approximate surface area is 80.8 Å². The maximum absolute atomic E-state index is 10.1. The van der Waals surface area contributed by atoms with Crippen molar-refractivity contribution in [1.29, 1.82) is 0 Å². The molecule has 0 aliphatic heterocycles. The highest BCUT2D eigenvalue weighted by Gasteiger charge is 2.07. The third-order valence-electron chi connectivity index (χ3n) is 1.61. The van der Waals surface area contributed by atoms with E-state index in [0.29, 0.717) is 12.3 Å². The first-order valence-electron chi connectivity index (χ1n) is 4.16. The molecule has 0 amide bonds. The summed E-state index contributed by atoms with van der Waals surface area (Å²) in [4.78, 5) is 15.0. The molecule has 0 aromatic carbocycles. The minimum absolute atomic E-state index is 0.000269. The maximum Gasteiger partial charge on any atom is 0.208 e. The van der Waals surface area contributed by atoms with Crippen molar-refractivity contribution in [2.24, 2.45) is 0 Å². The highest BCUT2D eigenvalue weighted by atomic mass is 32.1. The molecule has 72 valence electrons. The van der Waals surface area contributed by atoms with Crippen LogP contribution in [0.5, 0.6) is 0 Å². The Hall–Kier alpha value is -0.970. The zero-order chi connectivity index (χ0) is 9.84. The van der Waals surface area contributed by atoms with Gasteiger partial charge in [0.05, 0.1) is 5.01 Å². The van der Waals surface area contributed by atoms with E-state index in [0.717, 1.165) is 9.88 Å². The molecule has 1 aromatic rings. The first-order valence-corrected chi connectivity index (χ1v) is 4.97. The summed E-state index contributed by atoms with van der Waals surface area (Å²) in [5, 5.41) is 11.2. The van der Waals surface area contributed by atoms with Crippen molar-refractivity contribution < 1.29 is 4.92 Å². The lowest BCUT2D eigenvalue weighted by molar-refractivity contribution is -0.479. The van der Waals surface area contributed by atoms with Gasteiger partial charge in [0, 0.05) is 28.3 Å². The minimum Gasteiger partial charge on any atom is -0.265 e. The molecule has 0 fully saturated rings. The SMILES string of the molecule is CC(C)c1ncc(CC[N+](=O)[O-])s1. The summed E-state index contributed by atoms with van der Waals surface area (Å²) in [6.45, 7) is 4.13. The Kier molecular flexibility index (Phi) is 3.36. The molecule has 0 N–H and O–H groups in total. The van der Waals surface area contributed by atoms with Gasteiger partial charge in [0.15, 0.2) is 0 Å². The number of hydrogen-bond donors (Lipinski definition) is 0. The molecule has 4 nitrogen and oxygen atoms in total. The van der Waals surface area contributed by atoms with Gasteiger partial charge in [-0.15, -0.1) is 11.3 Å². The van der Waals surface area contributed by atoms with Gasteiger partial charge in [-0.05, 0) is 0 Å². The molecule has 0 atom stereocenters. The zero-order valence-corrected chi connectivity index (χ0v) is 8.50. The summed E-state index contributed by atoms with van der Waals surface area (Å²) < 4.78 is 0. The van der Waals surface area contributed by atoms with E-state index in [1.54, 1.807) is 17.5 Å². The standard InChI is InChI=1S/C8H12N2O2S/c1-6(2)8-9-5-7(13-8)3-4-10(11)12/h5-6H,3-4H2,1-2H3. The average Bonchev–Trinajstić information content (AvgIpc) is 2.48. The monoisotopic (exact) mass is 200 g/mol. The molecule has 0 bridgehead atoms. The lowest BCUT2D eigenvalue weighted by Crippen LogP contribution is -2.02. The van der Waals surface area contributed by atoms with Crippen molar-refractivity contribution >= 4 is 11.3 Å². The summed E-state index contributed by atoms with van der Waals surface area (Å²) >= 11 is 1.57. The first kappa shape index (κ1) is 10.1. The van der Waals surface area contributed by atoms with Crippen molar-refractivity contribution in [2.45, 2.75) is 26.2 Å². The van der Waals surface area contributed by atoms with Crippen LogP contribution in [-0.4, -0.2) is 16.5 Å². The van der Waals surface area contributed by atoms with Gasteiger partial charge >= 0.3 is 0 Å². The van der Waals surface area contributed by atoms with Crippen LogP contribution in [0.15, 0.2) is 6.20 Å². The van der Waals surface area contributed by atoms with Crippen molar-refractivity contribution in [3.05, 3.63) is 26.2 Å². The molecule has 1 aromatic heterocycles. The van der Waals surface area contributed by atoms with Gasteiger partial charge in [0.25, 0.3) is 0 Å². The second-order valence-corrected chi connectivity index (χ2v) is 4.27. The van der Waals surface area contributed by atoms with Crippen LogP contribution in [0.2, 0.25) is 0 Å². The van der Waals surface area contributed by atoms with E-state index in [2.05, 4.69) is 18.8 Å².